The molecule has 1 fully saturated rings. The fourth-order valence-corrected chi connectivity index (χ4v) is 4.31. The molecule has 4 rings (SSSR count). The van der Waals surface area contributed by atoms with Crippen molar-refractivity contribution in [3.05, 3.63) is 54.8 Å². The number of nitrogens with one attached hydrogen (secondary N) is 1. The van der Waals surface area contributed by atoms with Crippen LogP contribution in [0.2, 0.25) is 0 Å². The molecule has 2 aromatic heterocycles. The Bertz CT molecular complexity index is 1090. The SMILES string of the molecule is C=C(Nc1cc2cc(-c3cnc(C)n3C)ccc2cn1)C1(F)CCN(CC(C)C)CC1. The van der Waals surface area contributed by atoms with Gasteiger partial charge in [0, 0.05) is 49.5 Å². The number of allylic oxidation sites excluding steroid dienone is 1. The highest BCUT2D eigenvalue weighted by Crippen LogP contribution is 2.34. The first-order valence-electron chi connectivity index (χ1n) is 11.0. The Morgan fingerprint density at radius 1 is 1.16 bits per heavy atom. The predicted molar refractivity (Wildman–Crippen MR) is 126 cm³/mol. The standard InChI is InChI=1S/C25H32FN5/c1-17(2)16-31-10-8-25(26,9-11-31)18(3)29-24-13-22-12-20(6-7-21(22)14-28-24)23-15-27-19(4)30(23)5/h6-7,12-15,17H,3,8-11,16H2,1-2,4-5H3,(H,28,29). The maximum absolute atomic E-state index is 15.6. The van der Waals surface area contributed by atoms with E-state index >= 15 is 4.39 Å². The van der Waals surface area contributed by atoms with E-state index in [-0.39, 0.29) is 0 Å². The van der Waals surface area contributed by atoms with E-state index < -0.39 is 5.67 Å². The summed E-state index contributed by atoms with van der Waals surface area (Å²) in [5.41, 5.74) is 1.15. The molecule has 6 heteroatoms. The first kappa shape index (κ1) is 21.5. The number of hydrogen-bond donors (Lipinski definition) is 1. The van der Waals surface area contributed by atoms with Crippen LogP contribution in [0.15, 0.2) is 48.9 Å². The van der Waals surface area contributed by atoms with Crippen molar-refractivity contribution in [2.45, 2.75) is 39.3 Å². The molecule has 0 saturated carbocycles. The third kappa shape index (κ3) is 4.49. The average Bonchev–Trinajstić information content (AvgIpc) is 3.07. The Morgan fingerprint density at radius 3 is 2.55 bits per heavy atom. The molecule has 1 N–H and O–H groups in total. The summed E-state index contributed by atoms with van der Waals surface area (Å²) in [7, 11) is 2.01. The molecule has 3 aromatic rings. The number of alkyl halides is 1. The summed E-state index contributed by atoms with van der Waals surface area (Å²) in [6.45, 7) is 13.0. The summed E-state index contributed by atoms with van der Waals surface area (Å²) < 4.78 is 17.7. The number of halogens is 1. The highest BCUT2D eigenvalue weighted by molar-refractivity contribution is 5.88. The maximum Gasteiger partial charge on any atom is 0.152 e. The summed E-state index contributed by atoms with van der Waals surface area (Å²) >= 11 is 0. The number of fused-ring (bicyclic) bond motifs is 1. The molecule has 0 atom stereocenters. The normalized spacial score (nSPS) is 16.7. The van der Waals surface area contributed by atoms with E-state index in [1.807, 2.05) is 32.4 Å². The molecule has 0 unspecified atom stereocenters. The number of likely N-dealkylation sites (tertiary alicyclic amines) is 1. The number of rotatable bonds is 6. The van der Waals surface area contributed by atoms with Crippen LogP contribution >= 0.6 is 0 Å². The molecule has 0 radical (unpaired) electrons. The van der Waals surface area contributed by atoms with Crippen LogP contribution in [0.25, 0.3) is 22.0 Å². The van der Waals surface area contributed by atoms with Gasteiger partial charge in [-0.05, 0) is 43.2 Å². The van der Waals surface area contributed by atoms with Gasteiger partial charge in [0.25, 0.3) is 0 Å². The second kappa shape index (κ2) is 8.42. The monoisotopic (exact) mass is 421 g/mol. The van der Waals surface area contributed by atoms with E-state index in [4.69, 9.17) is 0 Å². The van der Waals surface area contributed by atoms with Crippen LogP contribution < -0.4 is 5.32 Å². The van der Waals surface area contributed by atoms with Crippen molar-refractivity contribution in [3.63, 3.8) is 0 Å². The van der Waals surface area contributed by atoms with E-state index in [0.717, 1.165) is 47.5 Å². The van der Waals surface area contributed by atoms with Gasteiger partial charge in [0.05, 0.1) is 11.9 Å². The van der Waals surface area contributed by atoms with Crippen molar-refractivity contribution in [3.8, 4) is 11.3 Å². The van der Waals surface area contributed by atoms with Gasteiger partial charge in [-0.15, -0.1) is 0 Å². The van der Waals surface area contributed by atoms with E-state index in [9.17, 15) is 0 Å². The molecule has 1 aliphatic heterocycles. The zero-order chi connectivity index (χ0) is 22.2. The molecular weight excluding hydrogens is 389 g/mol. The highest BCUT2D eigenvalue weighted by atomic mass is 19.1. The van der Waals surface area contributed by atoms with Gasteiger partial charge in [-0.1, -0.05) is 32.6 Å². The number of piperidine rings is 1. The second-order valence-electron chi connectivity index (χ2n) is 9.14. The van der Waals surface area contributed by atoms with Crippen LogP contribution in [0.1, 0.15) is 32.5 Å². The minimum Gasteiger partial charge on any atom is -0.341 e. The lowest BCUT2D eigenvalue weighted by atomic mass is 9.90. The Labute approximate surface area is 184 Å². The largest absolute Gasteiger partial charge is 0.341 e. The molecule has 3 heterocycles. The van der Waals surface area contributed by atoms with Gasteiger partial charge in [0.15, 0.2) is 5.67 Å². The molecule has 31 heavy (non-hydrogen) atoms. The van der Waals surface area contributed by atoms with Gasteiger partial charge in [-0.25, -0.2) is 14.4 Å². The van der Waals surface area contributed by atoms with E-state index in [1.165, 1.54) is 0 Å². The molecule has 1 aromatic carbocycles. The molecule has 1 saturated heterocycles. The predicted octanol–water partition coefficient (Wildman–Crippen LogP) is 5.33. The number of benzene rings is 1. The van der Waals surface area contributed by atoms with Crippen LogP contribution in [0.3, 0.4) is 0 Å². The summed E-state index contributed by atoms with van der Waals surface area (Å²) in [4.78, 5) is 11.2. The Balaban J connectivity index is 1.50. The summed E-state index contributed by atoms with van der Waals surface area (Å²) in [6.07, 6.45) is 4.63. The van der Waals surface area contributed by atoms with Gasteiger partial charge in [-0.2, -0.15) is 0 Å². The molecule has 164 valence electrons. The number of aryl methyl sites for hydroxylation is 1. The Kier molecular flexibility index (Phi) is 5.84. The molecule has 0 bridgehead atoms. The topological polar surface area (TPSA) is 46.0 Å². The van der Waals surface area contributed by atoms with Crippen molar-refractivity contribution in [1.29, 1.82) is 0 Å². The zero-order valence-electron chi connectivity index (χ0n) is 19.0. The van der Waals surface area contributed by atoms with Gasteiger partial charge >= 0.3 is 0 Å². The van der Waals surface area contributed by atoms with Gasteiger partial charge in [0.1, 0.15) is 11.6 Å². The average molecular weight is 422 g/mol. The molecular formula is C25H32FN5. The van der Waals surface area contributed by atoms with Crippen LogP contribution in [-0.2, 0) is 7.05 Å². The maximum atomic E-state index is 15.6. The van der Waals surface area contributed by atoms with Gasteiger partial charge in [-0.3, -0.25) is 0 Å². The fourth-order valence-electron chi connectivity index (χ4n) is 4.31. The van der Waals surface area contributed by atoms with Crippen LogP contribution in [0.5, 0.6) is 0 Å². The third-order valence-corrected chi connectivity index (χ3v) is 6.33. The Hall–Kier alpha value is -2.73. The van der Waals surface area contributed by atoms with E-state index in [0.29, 0.717) is 30.3 Å². The number of pyridine rings is 1. The van der Waals surface area contributed by atoms with Crippen molar-refractivity contribution < 1.29 is 4.39 Å². The zero-order valence-corrected chi connectivity index (χ0v) is 19.0. The molecule has 0 aliphatic carbocycles. The molecule has 0 amide bonds. The quantitative estimate of drug-likeness (QED) is 0.584. The van der Waals surface area contributed by atoms with E-state index in [2.05, 4.69) is 63.4 Å². The lowest BCUT2D eigenvalue weighted by Crippen LogP contribution is -2.45. The van der Waals surface area contributed by atoms with E-state index in [1.54, 1.807) is 0 Å². The highest BCUT2D eigenvalue weighted by Gasteiger charge is 2.37. The third-order valence-electron chi connectivity index (χ3n) is 6.33. The number of aromatic nitrogens is 3. The lowest BCUT2D eigenvalue weighted by molar-refractivity contribution is 0.0825. The first-order valence-corrected chi connectivity index (χ1v) is 11.0. The molecule has 1 aliphatic rings. The summed E-state index contributed by atoms with van der Waals surface area (Å²) in [5, 5.41) is 5.24. The number of nitrogens with zero attached hydrogens (tertiary/aromatic N) is 4. The second-order valence-corrected chi connectivity index (χ2v) is 9.14. The minimum absolute atomic E-state index is 0.405. The van der Waals surface area contributed by atoms with Crippen LogP contribution in [-0.4, -0.2) is 44.7 Å². The smallest absolute Gasteiger partial charge is 0.152 e. The first-order chi connectivity index (χ1) is 14.7. The van der Waals surface area contributed by atoms with Crippen LogP contribution in [0, 0.1) is 12.8 Å². The fraction of sp³-hybridized carbons (Fsp3) is 0.440. The number of anilines is 1. The number of imidazole rings is 1. The van der Waals surface area contributed by atoms with Gasteiger partial charge in [0.2, 0.25) is 0 Å². The Morgan fingerprint density at radius 2 is 1.90 bits per heavy atom. The van der Waals surface area contributed by atoms with Crippen molar-refractivity contribution in [2.75, 3.05) is 25.0 Å². The van der Waals surface area contributed by atoms with Crippen molar-refractivity contribution in [1.82, 2.24) is 19.4 Å². The van der Waals surface area contributed by atoms with Gasteiger partial charge < -0.3 is 14.8 Å². The number of hydrogen-bond acceptors (Lipinski definition) is 4. The lowest BCUT2D eigenvalue weighted by Gasteiger charge is -2.38. The van der Waals surface area contributed by atoms with Crippen LogP contribution in [0.4, 0.5) is 10.2 Å². The summed E-state index contributed by atoms with van der Waals surface area (Å²) in [6, 6.07) is 8.22. The van der Waals surface area contributed by atoms with Crippen molar-refractivity contribution in [2.24, 2.45) is 13.0 Å². The minimum atomic E-state index is -1.40. The molecule has 0 spiro atoms. The summed E-state index contributed by atoms with van der Waals surface area (Å²) in [5.74, 6) is 2.18. The molecule has 5 nitrogen and oxygen atoms in total. The van der Waals surface area contributed by atoms with Crippen molar-refractivity contribution >= 4 is 16.6 Å².